The SMILES string of the molecule is CCN(CCCO)C(=O)Nc1ccc(C(=O)O)cc1O. The van der Waals surface area contributed by atoms with Crippen LogP contribution in [0, 0.1) is 0 Å². The molecule has 2 amide bonds. The first-order valence-corrected chi connectivity index (χ1v) is 6.22. The number of nitrogens with one attached hydrogen (secondary N) is 1. The second-order valence-electron chi connectivity index (χ2n) is 4.12. The average molecular weight is 282 g/mol. The van der Waals surface area contributed by atoms with Gasteiger partial charge >= 0.3 is 12.0 Å². The van der Waals surface area contributed by atoms with E-state index in [-0.39, 0.29) is 23.6 Å². The van der Waals surface area contributed by atoms with Crippen molar-refractivity contribution in [2.24, 2.45) is 0 Å². The molecule has 0 radical (unpaired) electrons. The maximum atomic E-state index is 11.9. The predicted octanol–water partition coefficient (Wildman–Crippen LogP) is 1.33. The summed E-state index contributed by atoms with van der Waals surface area (Å²) in [5, 5.41) is 29.7. The molecule has 1 rings (SSSR count). The summed E-state index contributed by atoms with van der Waals surface area (Å²) in [6.07, 6.45) is 0.463. The molecule has 1 aromatic rings. The van der Waals surface area contributed by atoms with Crippen LogP contribution in [-0.2, 0) is 0 Å². The summed E-state index contributed by atoms with van der Waals surface area (Å²) in [4.78, 5) is 24.1. The molecule has 20 heavy (non-hydrogen) atoms. The highest BCUT2D eigenvalue weighted by molar-refractivity contribution is 5.93. The van der Waals surface area contributed by atoms with Crippen molar-refractivity contribution in [1.82, 2.24) is 4.90 Å². The van der Waals surface area contributed by atoms with Crippen LogP contribution in [0.25, 0.3) is 0 Å². The van der Waals surface area contributed by atoms with Crippen molar-refractivity contribution in [2.45, 2.75) is 13.3 Å². The van der Waals surface area contributed by atoms with Gasteiger partial charge in [-0.1, -0.05) is 0 Å². The van der Waals surface area contributed by atoms with E-state index >= 15 is 0 Å². The third-order valence-corrected chi connectivity index (χ3v) is 2.74. The Kier molecular flexibility index (Phi) is 5.79. The number of carboxylic acid groups (broad SMARTS) is 1. The van der Waals surface area contributed by atoms with Crippen molar-refractivity contribution in [3.63, 3.8) is 0 Å². The van der Waals surface area contributed by atoms with Crippen LogP contribution in [0.5, 0.6) is 5.75 Å². The molecular formula is C13H18N2O5. The van der Waals surface area contributed by atoms with Crippen LogP contribution in [0.15, 0.2) is 18.2 Å². The number of benzene rings is 1. The molecule has 0 unspecified atom stereocenters. The summed E-state index contributed by atoms with van der Waals surface area (Å²) in [6, 6.07) is 3.28. The standard InChI is InChI=1S/C13H18N2O5/c1-2-15(6-3-7-16)13(20)14-10-5-4-9(12(18)19)8-11(10)17/h4-5,8,16-17H,2-3,6-7H2,1H3,(H,14,20)(H,18,19). The van der Waals surface area contributed by atoms with Crippen LogP contribution in [0.3, 0.4) is 0 Å². The van der Waals surface area contributed by atoms with Crippen LogP contribution in [0.1, 0.15) is 23.7 Å². The number of aromatic carboxylic acids is 1. The van der Waals surface area contributed by atoms with Gasteiger partial charge in [0.05, 0.1) is 11.3 Å². The Bertz CT molecular complexity index is 490. The van der Waals surface area contributed by atoms with Gasteiger partial charge in [0, 0.05) is 19.7 Å². The first kappa shape index (κ1) is 15.8. The molecule has 0 aliphatic rings. The van der Waals surface area contributed by atoms with Gasteiger partial charge in [-0.05, 0) is 31.5 Å². The number of phenolic OH excluding ortho intramolecular Hbond substituents is 1. The molecule has 4 N–H and O–H groups in total. The van der Waals surface area contributed by atoms with Gasteiger partial charge in [-0.15, -0.1) is 0 Å². The number of hydrogen-bond acceptors (Lipinski definition) is 4. The molecule has 0 aliphatic heterocycles. The highest BCUT2D eigenvalue weighted by atomic mass is 16.4. The van der Waals surface area contributed by atoms with E-state index < -0.39 is 12.0 Å². The lowest BCUT2D eigenvalue weighted by Gasteiger charge is -2.21. The lowest BCUT2D eigenvalue weighted by Crippen LogP contribution is -2.35. The smallest absolute Gasteiger partial charge is 0.335 e. The number of amides is 2. The third-order valence-electron chi connectivity index (χ3n) is 2.74. The average Bonchev–Trinajstić information content (AvgIpc) is 2.41. The molecule has 110 valence electrons. The molecule has 0 saturated carbocycles. The summed E-state index contributed by atoms with van der Waals surface area (Å²) >= 11 is 0. The number of rotatable bonds is 6. The molecule has 0 spiro atoms. The van der Waals surface area contributed by atoms with Crippen LogP contribution in [0.2, 0.25) is 0 Å². The van der Waals surface area contributed by atoms with Crippen molar-refractivity contribution >= 4 is 17.7 Å². The summed E-state index contributed by atoms with van der Waals surface area (Å²) in [7, 11) is 0. The largest absolute Gasteiger partial charge is 0.506 e. The fraction of sp³-hybridized carbons (Fsp3) is 0.385. The van der Waals surface area contributed by atoms with E-state index in [0.29, 0.717) is 19.5 Å². The Balaban J connectivity index is 2.76. The van der Waals surface area contributed by atoms with E-state index in [2.05, 4.69) is 5.32 Å². The Morgan fingerprint density at radius 3 is 2.55 bits per heavy atom. The number of carbonyl (C=O) groups is 2. The minimum Gasteiger partial charge on any atom is -0.506 e. The van der Waals surface area contributed by atoms with E-state index in [9.17, 15) is 14.7 Å². The number of urea groups is 1. The Morgan fingerprint density at radius 2 is 2.05 bits per heavy atom. The highest BCUT2D eigenvalue weighted by Gasteiger charge is 2.14. The molecule has 1 aromatic carbocycles. The molecule has 0 heterocycles. The van der Waals surface area contributed by atoms with E-state index in [1.807, 2.05) is 0 Å². The fourth-order valence-electron chi connectivity index (χ4n) is 1.63. The first-order valence-electron chi connectivity index (χ1n) is 6.22. The Labute approximate surface area is 116 Å². The number of anilines is 1. The van der Waals surface area contributed by atoms with Crippen molar-refractivity contribution in [1.29, 1.82) is 0 Å². The molecule has 0 aliphatic carbocycles. The topological polar surface area (TPSA) is 110 Å². The minimum absolute atomic E-state index is 0.0116. The number of carboxylic acids is 1. The van der Waals surface area contributed by atoms with Gasteiger partial charge in [0.1, 0.15) is 5.75 Å². The van der Waals surface area contributed by atoms with Crippen LogP contribution < -0.4 is 5.32 Å². The van der Waals surface area contributed by atoms with Gasteiger partial charge in [0.2, 0.25) is 0 Å². The van der Waals surface area contributed by atoms with Gasteiger partial charge in [0.25, 0.3) is 0 Å². The van der Waals surface area contributed by atoms with Crippen molar-refractivity contribution in [3.05, 3.63) is 23.8 Å². The van der Waals surface area contributed by atoms with Crippen LogP contribution in [0.4, 0.5) is 10.5 Å². The highest BCUT2D eigenvalue weighted by Crippen LogP contribution is 2.24. The Hall–Kier alpha value is -2.28. The predicted molar refractivity (Wildman–Crippen MR) is 73.0 cm³/mol. The maximum absolute atomic E-state index is 11.9. The normalized spacial score (nSPS) is 10.1. The molecule has 0 atom stereocenters. The molecular weight excluding hydrogens is 264 g/mol. The molecule has 0 fully saturated rings. The van der Waals surface area contributed by atoms with E-state index in [1.54, 1.807) is 6.92 Å². The second-order valence-corrected chi connectivity index (χ2v) is 4.12. The lowest BCUT2D eigenvalue weighted by molar-refractivity contribution is 0.0696. The van der Waals surface area contributed by atoms with Crippen molar-refractivity contribution < 1.29 is 24.9 Å². The van der Waals surface area contributed by atoms with Gasteiger partial charge < -0.3 is 25.5 Å². The molecule has 7 heteroatoms. The Morgan fingerprint density at radius 1 is 1.35 bits per heavy atom. The first-order chi connectivity index (χ1) is 9.49. The van der Waals surface area contributed by atoms with E-state index in [1.165, 1.54) is 17.0 Å². The van der Waals surface area contributed by atoms with Crippen molar-refractivity contribution in [3.8, 4) is 5.75 Å². The number of aromatic hydroxyl groups is 1. The quantitative estimate of drug-likeness (QED) is 0.588. The fourth-order valence-corrected chi connectivity index (χ4v) is 1.63. The van der Waals surface area contributed by atoms with Gasteiger partial charge in [-0.25, -0.2) is 9.59 Å². The van der Waals surface area contributed by atoms with E-state index in [4.69, 9.17) is 10.2 Å². The van der Waals surface area contributed by atoms with Gasteiger partial charge in [-0.3, -0.25) is 0 Å². The second kappa shape index (κ2) is 7.34. The molecule has 0 saturated heterocycles. The zero-order valence-corrected chi connectivity index (χ0v) is 11.2. The zero-order valence-electron chi connectivity index (χ0n) is 11.2. The zero-order chi connectivity index (χ0) is 15.1. The number of hydrogen-bond donors (Lipinski definition) is 4. The third kappa shape index (κ3) is 4.13. The molecule has 0 aromatic heterocycles. The minimum atomic E-state index is -1.16. The summed E-state index contributed by atoms with van der Waals surface area (Å²) in [5.41, 5.74) is 0.0792. The summed E-state index contributed by atoms with van der Waals surface area (Å²) in [6.45, 7) is 2.64. The summed E-state index contributed by atoms with van der Waals surface area (Å²) < 4.78 is 0. The van der Waals surface area contributed by atoms with Gasteiger partial charge in [-0.2, -0.15) is 0 Å². The molecule has 7 nitrogen and oxygen atoms in total. The molecule has 0 bridgehead atoms. The number of aliphatic hydroxyl groups is 1. The van der Waals surface area contributed by atoms with Crippen LogP contribution in [-0.4, -0.2) is 51.9 Å². The lowest BCUT2D eigenvalue weighted by atomic mass is 10.2. The number of nitrogens with zero attached hydrogens (tertiary/aromatic N) is 1. The van der Waals surface area contributed by atoms with Crippen molar-refractivity contribution in [2.75, 3.05) is 25.0 Å². The number of aliphatic hydroxyl groups excluding tert-OH is 1. The maximum Gasteiger partial charge on any atom is 0.335 e. The number of carbonyl (C=O) groups excluding carboxylic acids is 1. The summed E-state index contributed by atoms with van der Waals surface area (Å²) in [5.74, 6) is -1.47. The number of phenols is 1. The van der Waals surface area contributed by atoms with Crippen LogP contribution >= 0.6 is 0 Å². The van der Waals surface area contributed by atoms with E-state index in [0.717, 1.165) is 6.07 Å². The van der Waals surface area contributed by atoms with Gasteiger partial charge in [0.15, 0.2) is 0 Å². The monoisotopic (exact) mass is 282 g/mol.